The largest absolute Gasteiger partial charge is 0.454 e. The van der Waals surface area contributed by atoms with Crippen molar-refractivity contribution in [2.75, 3.05) is 6.61 Å². The average Bonchev–Trinajstić information content (AvgIpc) is 2.92. The third kappa shape index (κ3) is 4.48. The molecule has 0 spiro atoms. The van der Waals surface area contributed by atoms with Gasteiger partial charge < -0.3 is 4.74 Å². The van der Waals surface area contributed by atoms with Crippen LogP contribution < -0.4 is 0 Å². The predicted octanol–water partition coefficient (Wildman–Crippen LogP) is 6.61. The first-order valence-corrected chi connectivity index (χ1v) is 11.0. The van der Waals surface area contributed by atoms with Crippen LogP contribution in [-0.4, -0.2) is 23.3 Å². The zero-order valence-electron chi connectivity index (χ0n) is 18.3. The van der Waals surface area contributed by atoms with Gasteiger partial charge in [-0.25, -0.2) is 9.78 Å². The molecule has 1 aromatic heterocycles. The van der Waals surface area contributed by atoms with E-state index in [1.807, 2.05) is 97.1 Å². The fourth-order valence-electron chi connectivity index (χ4n) is 3.87. The Morgan fingerprint density at radius 1 is 0.647 bits per heavy atom. The van der Waals surface area contributed by atoms with Crippen LogP contribution in [0.15, 0.2) is 115 Å². The number of aromatic nitrogens is 1. The smallest absolute Gasteiger partial charge is 0.339 e. The average molecular weight is 444 g/mol. The standard InChI is InChI=1S/C30H21NO3/c32-29(24-17-15-22(16-18-24)21-9-3-1-4-10-21)20-34-30(33)26-19-28(23-11-5-2-6-12-23)31-27-14-8-7-13-25(26)27/h1-19H,20H2. The molecule has 0 saturated heterocycles. The molecule has 0 amide bonds. The quantitative estimate of drug-likeness (QED) is 0.219. The first kappa shape index (κ1) is 21.3. The van der Waals surface area contributed by atoms with Crippen molar-refractivity contribution < 1.29 is 14.3 Å². The molecule has 164 valence electrons. The number of esters is 1. The molecular weight excluding hydrogens is 422 g/mol. The molecular formula is C30H21NO3. The van der Waals surface area contributed by atoms with Crippen molar-refractivity contribution in [2.45, 2.75) is 0 Å². The first-order valence-electron chi connectivity index (χ1n) is 11.0. The van der Waals surface area contributed by atoms with Gasteiger partial charge in [0.1, 0.15) is 0 Å². The van der Waals surface area contributed by atoms with Gasteiger partial charge in [0, 0.05) is 16.5 Å². The minimum absolute atomic E-state index is 0.255. The van der Waals surface area contributed by atoms with Crippen molar-refractivity contribution in [1.82, 2.24) is 4.98 Å². The number of nitrogens with zero attached hydrogens (tertiary/aromatic N) is 1. The van der Waals surface area contributed by atoms with E-state index in [2.05, 4.69) is 4.98 Å². The number of Topliss-reactive ketones (excluding diaryl/α,β-unsaturated/α-hetero) is 1. The van der Waals surface area contributed by atoms with Gasteiger partial charge >= 0.3 is 5.97 Å². The Bertz CT molecular complexity index is 1460. The van der Waals surface area contributed by atoms with Gasteiger partial charge in [-0.15, -0.1) is 0 Å². The molecule has 0 N–H and O–H groups in total. The van der Waals surface area contributed by atoms with Crippen LogP contribution in [-0.2, 0) is 4.74 Å². The van der Waals surface area contributed by atoms with E-state index in [0.717, 1.165) is 16.7 Å². The van der Waals surface area contributed by atoms with Gasteiger partial charge in [0.15, 0.2) is 12.4 Å². The Labute approximate surface area is 197 Å². The Morgan fingerprint density at radius 3 is 1.94 bits per heavy atom. The van der Waals surface area contributed by atoms with Crippen molar-refractivity contribution in [3.63, 3.8) is 0 Å². The Balaban J connectivity index is 1.35. The number of hydrogen-bond acceptors (Lipinski definition) is 4. The molecule has 4 aromatic carbocycles. The van der Waals surface area contributed by atoms with E-state index in [-0.39, 0.29) is 12.4 Å². The minimum atomic E-state index is -0.551. The van der Waals surface area contributed by atoms with Gasteiger partial charge in [-0.2, -0.15) is 0 Å². The molecule has 0 radical (unpaired) electrons. The normalized spacial score (nSPS) is 10.7. The first-order chi connectivity index (χ1) is 16.7. The third-order valence-electron chi connectivity index (χ3n) is 5.65. The monoisotopic (exact) mass is 443 g/mol. The van der Waals surface area contributed by atoms with Crippen LogP contribution in [0.3, 0.4) is 0 Å². The van der Waals surface area contributed by atoms with E-state index in [1.165, 1.54) is 0 Å². The maximum atomic E-state index is 13.0. The molecule has 0 aliphatic carbocycles. The van der Waals surface area contributed by atoms with E-state index in [9.17, 15) is 9.59 Å². The highest BCUT2D eigenvalue weighted by molar-refractivity contribution is 6.06. The van der Waals surface area contributed by atoms with Gasteiger partial charge in [-0.3, -0.25) is 4.79 Å². The van der Waals surface area contributed by atoms with Crippen LogP contribution in [0.1, 0.15) is 20.7 Å². The van der Waals surface area contributed by atoms with Gasteiger partial charge in [-0.1, -0.05) is 103 Å². The number of carbonyl (C=O) groups is 2. The van der Waals surface area contributed by atoms with Crippen LogP contribution in [0.25, 0.3) is 33.3 Å². The maximum absolute atomic E-state index is 13.0. The highest BCUT2D eigenvalue weighted by Gasteiger charge is 2.17. The molecule has 0 bridgehead atoms. The van der Waals surface area contributed by atoms with E-state index >= 15 is 0 Å². The number of carbonyl (C=O) groups excluding carboxylic acids is 2. The Morgan fingerprint density at radius 2 is 1.24 bits per heavy atom. The lowest BCUT2D eigenvalue weighted by molar-refractivity contribution is 0.0476. The number of hydrogen-bond donors (Lipinski definition) is 0. The molecule has 0 saturated carbocycles. The predicted molar refractivity (Wildman–Crippen MR) is 134 cm³/mol. The van der Waals surface area contributed by atoms with Crippen molar-refractivity contribution in [3.8, 4) is 22.4 Å². The summed E-state index contributed by atoms with van der Waals surface area (Å²) in [5, 5.41) is 0.687. The van der Waals surface area contributed by atoms with E-state index in [4.69, 9.17) is 4.74 Å². The summed E-state index contributed by atoms with van der Waals surface area (Å²) in [6.07, 6.45) is 0. The molecule has 1 heterocycles. The summed E-state index contributed by atoms with van der Waals surface area (Å²) < 4.78 is 5.44. The van der Waals surface area contributed by atoms with Crippen molar-refractivity contribution in [3.05, 3.63) is 126 Å². The number of benzene rings is 4. The lowest BCUT2D eigenvalue weighted by Crippen LogP contribution is -2.15. The fraction of sp³-hybridized carbons (Fsp3) is 0.0333. The van der Waals surface area contributed by atoms with Gasteiger partial charge in [-0.05, 0) is 23.3 Å². The molecule has 0 atom stereocenters. The van der Waals surface area contributed by atoms with E-state index < -0.39 is 5.97 Å². The third-order valence-corrected chi connectivity index (χ3v) is 5.65. The van der Waals surface area contributed by atoms with Crippen LogP contribution in [0.2, 0.25) is 0 Å². The van der Waals surface area contributed by atoms with Crippen molar-refractivity contribution in [2.24, 2.45) is 0 Å². The van der Waals surface area contributed by atoms with Gasteiger partial charge in [0.2, 0.25) is 0 Å². The SMILES string of the molecule is O=C(COC(=O)c1cc(-c2ccccc2)nc2ccccc12)c1ccc(-c2ccccc2)cc1. The summed E-state index contributed by atoms with van der Waals surface area (Å²) in [4.78, 5) is 30.4. The summed E-state index contributed by atoms with van der Waals surface area (Å²) in [7, 11) is 0. The number of pyridine rings is 1. The molecule has 0 fully saturated rings. The van der Waals surface area contributed by atoms with Crippen LogP contribution >= 0.6 is 0 Å². The van der Waals surface area contributed by atoms with E-state index in [1.54, 1.807) is 18.2 Å². The number of para-hydroxylation sites is 1. The number of fused-ring (bicyclic) bond motifs is 1. The number of ether oxygens (including phenoxy) is 1. The molecule has 4 heteroatoms. The summed E-state index contributed by atoms with van der Waals surface area (Å²) in [6.45, 7) is -0.333. The second kappa shape index (κ2) is 9.51. The van der Waals surface area contributed by atoms with Crippen LogP contribution in [0, 0.1) is 0 Å². The summed E-state index contributed by atoms with van der Waals surface area (Å²) in [5.41, 5.74) is 5.25. The zero-order chi connectivity index (χ0) is 23.3. The summed E-state index contributed by atoms with van der Waals surface area (Å²) >= 11 is 0. The fourth-order valence-corrected chi connectivity index (χ4v) is 3.87. The second-order valence-corrected chi connectivity index (χ2v) is 7.88. The van der Waals surface area contributed by atoms with E-state index in [0.29, 0.717) is 27.7 Å². The molecule has 4 nitrogen and oxygen atoms in total. The van der Waals surface area contributed by atoms with Crippen LogP contribution in [0.4, 0.5) is 0 Å². The lowest BCUT2D eigenvalue weighted by Gasteiger charge is -2.10. The molecule has 0 aliphatic heterocycles. The second-order valence-electron chi connectivity index (χ2n) is 7.88. The highest BCUT2D eigenvalue weighted by atomic mass is 16.5. The Hall–Kier alpha value is -4.57. The number of ketones is 1. The Kier molecular flexibility index (Phi) is 5.95. The molecule has 34 heavy (non-hydrogen) atoms. The van der Waals surface area contributed by atoms with Gasteiger partial charge in [0.25, 0.3) is 0 Å². The molecule has 5 aromatic rings. The molecule has 0 aliphatic rings. The number of rotatable bonds is 6. The topological polar surface area (TPSA) is 56.3 Å². The maximum Gasteiger partial charge on any atom is 0.339 e. The molecule has 5 rings (SSSR count). The lowest BCUT2D eigenvalue weighted by atomic mass is 10.0. The van der Waals surface area contributed by atoms with Crippen LogP contribution in [0.5, 0.6) is 0 Å². The van der Waals surface area contributed by atoms with Crippen molar-refractivity contribution in [1.29, 1.82) is 0 Å². The zero-order valence-corrected chi connectivity index (χ0v) is 18.3. The highest BCUT2D eigenvalue weighted by Crippen LogP contribution is 2.25. The summed E-state index contributed by atoms with van der Waals surface area (Å²) in [6, 6.07) is 36.0. The summed E-state index contributed by atoms with van der Waals surface area (Å²) in [5.74, 6) is -0.806. The van der Waals surface area contributed by atoms with Crippen molar-refractivity contribution >= 4 is 22.7 Å². The van der Waals surface area contributed by atoms with Gasteiger partial charge in [0.05, 0.1) is 16.8 Å². The minimum Gasteiger partial charge on any atom is -0.454 e. The molecule has 0 unspecified atom stereocenters.